The molecule has 1 aromatic carbocycles. The Kier molecular flexibility index (Phi) is 5.44. The highest BCUT2D eigenvalue weighted by Gasteiger charge is 2.21. The molecule has 2 N–H and O–H groups in total. The zero-order valence-electron chi connectivity index (χ0n) is 11.8. The lowest BCUT2D eigenvalue weighted by Gasteiger charge is -2.26. The number of hydrogen-bond donors (Lipinski definition) is 1. The van der Waals surface area contributed by atoms with E-state index in [2.05, 4.69) is 0 Å². The predicted molar refractivity (Wildman–Crippen MR) is 75.0 cm³/mol. The van der Waals surface area contributed by atoms with E-state index in [1.54, 1.807) is 13.0 Å². The van der Waals surface area contributed by atoms with Gasteiger partial charge in [0.1, 0.15) is 0 Å². The summed E-state index contributed by atoms with van der Waals surface area (Å²) < 4.78 is 5.63. The van der Waals surface area contributed by atoms with Crippen molar-refractivity contribution >= 4 is 5.69 Å². The minimum absolute atomic E-state index is 0.131. The van der Waals surface area contributed by atoms with Gasteiger partial charge < -0.3 is 10.5 Å². The van der Waals surface area contributed by atoms with Gasteiger partial charge in [-0.2, -0.15) is 0 Å². The standard InChI is InChI=1S/C14H22N2O3/c1-4-14(15,5-2)10-19-9-12-7-6-8-13(11(12)3)16(17)18/h6-8H,4-5,9-10,15H2,1-3H3. The molecule has 0 aromatic heterocycles. The third-order valence-electron chi connectivity index (χ3n) is 3.67. The highest BCUT2D eigenvalue weighted by atomic mass is 16.6. The first-order valence-corrected chi connectivity index (χ1v) is 6.53. The van der Waals surface area contributed by atoms with Crippen LogP contribution in [-0.4, -0.2) is 17.1 Å². The molecule has 0 amide bonds. The minimum Gasteiger partial charge on any atom is -0.375 e. The molecule has 0 aliphatic rings. The van der Waals surface area contributed by atoms with Crippen molar-refractivity contribution < 1.29 is 9.66 Å². The minimum atomic E-state index is -0.371. The number of nitro groups is 1. The molecule has 5 nitrogen and oxygen atoms in total. The Bertz CT molecular complexity index is 442. The fourth-order valence-corrected chi connectivity index (χ4v) is 1.84. The largest absolute Gasteiger partial charge is 0.375 e. The van der Waals surface area contributed by atoms with Crippen molar-refractivity contribution in [1.29, 1.82) is 0 Å². The topological polar surface area (TPSA) is 78.4 Å². The smallest absolute Gasteiger partial charge is 0.272 e. The molecule has 0 saturated carbocycles. The van der Waals surface area contributed by atoms with Gasteiger partial charge in [0.05, 0.1) is 18.1 Å². The van der Waals surface area contributed by atoms with Crippen LogP contribution < -0.4 is 5.73 Å². The highest BCUT2D eigenvalue weighted by Crippen LogP contribution is 2.22. The van der Waals surface area contributed by atoms with Crippen molar-refractivity contribution in [2.24, 2.45) is 5.73 Å². The van der Waals surface area contributed by atoms with Crippen molar-refractivity contribution in [2.75, 3.05) is 6.61 Å². The summed E-state index contributed by atoms with van der Waals surface area (Å²) in [5, 5.41) is 10.8. The molecule has 0 spiro atoms. The third-order valence-corrected chi connectivity index (χ3v) is 3.67. The predicted octanol–water partition coefficient (Wildman–Crippen LogP) is 2.94. The van der Waals surface area contributed by atoms with Crippen LogP contribution in [0.3, 0.4) is 0 Å². The maximum atomic E-state index is 10.8. The molecule has 0 aliphatic carbocycles. The van der Waals surface area contributed by atoms with Gasteiger partial charge in [-0.3, -0.25) is 10.1 Å². The molecule has 106 valence electrons. The number of nitrogens with two attached hydrogens (primary N) is 1. The maximum absolute atomic E-state index is 10.8. The Morgan fingerprint density at radius 1 is 1.37 bits per heavy atom. The van der Waals surface area contributed by atoms with Crippen LogP contribution >= 0.6 is 0 Å². The third kappa shape index (κ3) is 4.01. The Balaban J connectivity index is 2.69. The van der Waals surface area contributed by atoms with Crippen LogP contribution in [0.1, 0.15) is 37.8 Å². The van der Waals surface area contributed by atoms with Crippen molar-refractivity contribution in [2.45, 2.75) is 45.8 Å². The quantitative estimate of drug-likeness (QED) is 0.608. The number of ether oxygens (including phenoxy) is 1. The first-order chi connectivity index (χ1) is 8.93. The summed E-state index contributed by atoms with van der Waals surface area (Å²) in [6.45, 7) is 6.62. The summed E-state index contributed by atoms with van der Waals surface area (Å²) >= 11 is 0. The lowest BCUT2D eigenvalue weighted by atomic mass is 9.95. The monoisotopic (exact) mass is 266 g/mol. The van der Waals surface area contributed by atoms with Gasteiger partial charge in [-0.1, -0.05) is 26.0 Å². The molecule has 0 heterocycles. The fraction of sp³-hybridized carbons (Fsp3) is 0.571. The van der Waals surface area contributed by atoms with E-state index in [-0.39, 0.29) is 16.1 Å². The van der Waals surface area contributed by atoms with Gasteiger partial charge in [-0.25, -0.2) is 0 Å². The Morgan fingerprint density at radius 3 is 2.53 bits per heavy atom. The van der Waals surface area contributed by atoms with Crippen LogP contribution in [0.15, 0.2) is 18.2 Å². The van der Waals surface area contributed by atoms with Crippen LogP contribution in [0.5, 0.6) is 0 Å². The van der Waals surface area contributed by atoms with E-state index in [4.69, 9.17) is 10.5 Å². The van der Waals surface area contributed by atoms with E-state index < -0.39 is 0 Å². The van der Waals surface area contributed by atoms with E-state index in [1.807, 2.05) is 19.9 Å². The van der Waals surface area contributed by atoms with Gasteiger partial charge in [0.25, 0.3) is 5.69 Å². The molecule has 0 bridgehead atoms. The van der Waals surface area contributed by atoms with Crippen molar-refractivity contribution in [3.8, 4) is 0 Å². The van der Waals surface area contributed by atoms with E-state index in [9.17, 15) is 10.1 Å². The zero-order chi connectivity index (χ0) is 14.5. The summed E-state index contributed by atoms with van der Waals surface area (Å²) in [5.41, 5.74) is 7.46. The average molecular weight is 266 g/mol. The average Bonchev–Trinajstić information content (AvgIpc) is 2.40. The van der Waals surface area contributed by atoms with Crippen molar-refractivity contribution in [3.05, 3.63) is 39.4 Å². The maximum Gasteiger partial charge on any atom is 0.272 e. The van der Waals surface area contributed by atoms with Crippen LogP contribution in [0, 0.1) is 17.0 Å². The molecular formula is C14H22N2O3. The molecule has 1 aromatic rings. The van der Waals surface area contributed by atoms with Crippen LogP contribution in [0.25, 0.3) is 0 Å². The van der Waals surface area contributed by atoms with Crippen LogP contribution in [-0.2, 0) is 11.3 Å². The summed E-state index contributed by atoms with van der Waals surface area (Å²) in [7, 11) is 0. The summed E-state index contributed by atoms with van der Waals surface area (Å²) in [6, 6.07) is 5.03. The van der Waals surface area contributed by atoms with E-state index >= 15 is 0 Å². The Morgan fingerprint density at radius 2 is 2.00 bits per heavy atom. The fourth-order valence-electron chi connectivity index (χ4n) is 1.84. The van der Waals surface area contributed by atoms with E-state index in [0.29, 0.717) is 18.8 Å². The molecular weight excluding hydrogens is 244 g/mol. The Labute approximate surface area is 113 Å². The van der Waals surface area contributed by atoms with Gasteiger partial charge in [-0.05, 0) is 25.3 Å². The molecule has 0 fully saturated rings. The molecule has 0 unspecified atom stereocenters. The molecule has 5 heteroatoms. The molecule has 0 saturated heterocycles. The first kappa shape index (κ1) is 15.6. The van der Waals surface area contributed by atoms with Crippen LogP contribution in [0.2, 0.25) is 0 Å². The highest BCUT2D eigenvalue weighted by molar-refractivity contribution is 5.44. The summed E-state index contributed by atoms with van der Waals surface area (Å²) in [5.74, 6) is 0. The number of nitro benzene ring substituents is 1. The first-order valence-electron chi connectivity index (χ1n) is 6.53. The lowest BCUT2D eigenvalue weighted by molar-refractivity contribution is -0.385. The lowest BCUT2D eigenvalue weighted by Crippen LogP contribution is -2.43. The molecule has 0 radical (unpaired) electrons. The second-order valence-corrected chi connectivity index (χ2v) is 4.88. The molecule has 0 aliphatic heterocycles. The van der Waals surface area contributed by atoms with E-state index in [1.165, 1.54) is 6.07 Å². The molecule has 1 rings (SSSR count). The second-order valence-electron chi connectivity index (χ2n) is 4.88. The summed E-state index contributed by atoms with van der Waals surface area (Å²) in [6.07, 6.45) is 1.69. The van der Waals surface area contributed by atoms with Crippen LogP contribution in [0.4, 0.5) is 5.69 Å². The van der Waals surface area contributed by atoms with Crippen molar-refractivity contribution in [1.82, 2.24) is 0 Å². The number of rotatable bonds is 7. The number of benzene rings is 1. The van der Waals surface area contributed by atoms with Gasteiger partial charge in [-0.15, -0.1) is 0 Å². The molecule has 0 atom stereocenters. The molecule has 19 heavy (non-hydrogen) atoms. The van der Waals surface area contributed by atoms with Gasteiger partial charge >= 0.3 is 0 Å². The van der Waals surface area contributed by atoms with Gasteiger partial charge in [0, 0.05) is 17.2 Å². The van der Waals surface area contributed by atoms with Crippen molar-refractivity contribution in [3.63, 3.8) is 0 Å². The van der Waals surface area contributed by atoms with E-state index in [0.717, 1.165) is 18.4 Å². The number of nitrogens with zero attached hydrogens (tertiary/aromatic N) is 1. The van der Waals surface area contributed by atoms with Gasteiger partial charge in [0.2, 0.25) is 0 Å². The van der Waals surface area contributed by atoms with Gasteiger partial charge in [0.15, 0.2) is 0 Å². The zero-order valence-corrected chi connectivity index (χ0v) is 11.8. The SMILES string of the molecule is CCC(N)(CC)COCc1cccc([N+](=O)[O-])c1C. The normalized spacial score (nSPS) is 11.6. The second kappa shape index (κ2) is 6.63. The summed E-state index contributed by atoms with van der Waals surface area (Å²) in [4.78, 5) is 10.5. The number of hydrogen-bond acceptors (Lipinski definition) is 4. The Hall–Kier alpha value is -1.46.